The Morgan fingerprint density at radius 2 is 1.56 bits per heavy atom. The van der Waals surface area contributed by atoms with Crippen LogP contribution in [0.25, 0.3) is 0 Å². The summed E-state index contributed by atoms with van der Waals surface area (Å²) < 4.78 is 84.7. The van der Waals surface area contributed by atoms with E-state index in [1.165, 1.54) is 6.33 Å². The monoisotopic (exact) mass is 486 g/mol. The Hall–Kier alpha value is -3.08. The van der Waals surface area contributed by atoms with Crippen molar-refractivity contribution in [3.8, 4) is 5.75 Å². The first-order valence-electron chi connectivity index (χ1n) is 10.5. The molecule has 0 saturated carbocycles. The van der Waals surface area contributed by atoms with Gasteiger partial charge in [0.1, 0.15) is 24.5 Å². The smallest absolute Gasteiger partial charge is 0.416 e. The molecule has 1 N–H and O–H groups in total. The molecular formula is C23H24F6N4O. The lowest BCUT2D eigenvalue weighted by molar-refractivity contribution is -0.143. The molecule has 0 aliphatic carbocycles. The molecular weight excluding hydrogens is 462 g/mol. The summed E-state index contributed by atoms with van der Waals surface area (Å²) in [4.78, 5) is 6.30. The van der Waals surface area contributed by atoms with Crippen LogP contribution in [0.2, 0.25) is 0 Å². The Kier molecular flexibility index (Phi) is 7.54. The van der Waals surface area contributed by atoms with Crippen LogP contribution in [-0.2, 0) is 19.0 Å². The van der Waals surface area contributed by atoms with Crippen LogP contribution >= 0.6 is 0 Å². The largest absolute Gasteiger partial charge is 0.489 e. The van der Waals surface area contributed by atoms with Crippen molar-refractivity contribution in [1.29, 1.82) is 0 Å². The molecule has 34 heavy (non-hydrogen) atoms. The predicted octanol–water partition coefficient (Wildman–Crippen LogP) is 6.57. The minimum absolute atomic E-state index is 0.101. The molecule has 0 saturated heterocycles. The second-order valence-electron chi connectivity index (χ2n) is 7.79. The predicted molar refractivity (Wildman–Crippen MR) is 113 cm³/mol. The number of alkyl halides is 6. The first kappa shape index (κ1) is 25.5. The number of H-pyrrole nitrogens is 1. The second kappa shape index (κ2) is 10.0. The molecule has 2 atom stereocenters. The van der Waals surface area contributed by atoms with E-state index in [1.807, 2.05) is 26.8 Å². The van der Waals surface area contributed by atoms with Crippen molar-refractivity contribution in [3.63, 3.8) is 0 Å². The molecule has 3 aromatic rings. The summed E-state index contributed by atoms with van der Waals surface area (Å²) in [5, 5.41) is 6.71. The SMILES string of the molecule is CCN([C@@H](C)c1ncn[nH]1)[C@@H](C)c1ccccc1OCc1cc(C(F)(F)F)cc(C(F)(F)F)c1. The Bertz CT molecular complexity index is 1050. The Morgan fingerprint density at radius 1 is 0.941 bits per heavy atom. The Balaban J connectivity index is 1.87. The molecule has 0 unspecified atom stereocenters. The van der Waals surface area contributed by atoms with E-state index in [4.69, 9.17) is 4.74 Å². The van der Waals surface area contributed by atoms with E-state index in [0.29, 0.717) is 30.3 Å². The fourth-order valence-corrected chi connectivity index (χ4v) is 3.86. The van der Waals surface area contributed by atoms with Crippen LogP contribution in [0.3, 0.4) is 0 Å². The van der Waals surface area contributed by atoms with Crippen LogP contribution in [0.5, 0.6) is 5.75 Å². The maximum absolute atomic E-state index is 13.2. The fourth-order valence-electron chi connectivity index (χ4n) is 3.86. The van der Waals surface area contributed by atoms with E-state index < -0.39 is 30.1 Å². The van der Waals surface area contributed by atoms with Crippen molar-refractivity contribution in [2.75, 3.05) is 6.54 Å². The molecule has 0 aliphatic rings. The van der Waals surface area contributed by atoms with Gasteiger partial charge >= 0.3 is 12.4 Å². The molecule has 0 bridgehead atoms. The van der Waals surface area contributed by atoms with Crippen molar-refractivity contribution in [2.45, 2.75) is 51.8 Å². The van der Waals surface area contributed by atoms with Crippen molar-refractivity contribution in [3.05, 3.63) is 76.9 Å². The molecule has 0 radical (unpaired) electrons. The number of para-hydroxylation sites is 1. The number of hydrogen-bond donors (Lipinski definition) is 1. The number of halogens is 6. The molecule has 1 heterocycles. The summed E-state index contributed by atoms with van der Waals surface area (Å²) in [5.74, 6) is 1.03. The average molecular weight is 486 g/mol. The van der Waals surface area contributed by atoms with Gasteiger partial charge in [-0.05, 0) is 50.2 Å². The van der Waals surface area contributed by atoms with E-state index in [2.05, 4.69) is 20.1 Å². The lowest BCUT2D eigenvalue weighted by atomic mass is 10.0. The molecule has 3 rings (SSSR count). The molecule has 1 aromatic heterocycles. The highest BCUT2D eigenvalue weighted by Gasteiger charge is 2.37. The summed E-state index contributed by atoms with van der Waals surface area (Å²) >= 11 is 0. The number of hydrogen-bond acceptors (Lipinski definition) is 4. The molecule has 0 spiro atoms. The number of ether oxygens (including phenoxy) is 1. The number of nitrogens with one attached hydrogen (secondary N) is 1. The van der Waals surface area contributed by atoms with E-state index in [9.17, 15) is 26.3 Å². The molecule has 184 valence electrons. The molecule has 0 aliphatic heterocycles. The number of rotatable bonds is 8. The van der Waals surface area contributed by atoms with Crippen molar-refractivity contribution < 1.29 is 31.1 Å². The van der Waals surface area contributed by atoms with Crippen LogP contribution in [-0.4, -0.2) is 26.6 Å². The van der Waals surface area contributed by atoms with Crippen LogP contribution in [0.1, 0.15) is 60.9 Å². The van der Waals surface area contributed by atoms with Gasteiger partial charge in [0, 0.05) is 11.6 Å². The maximum Gasteiger partial charge on any atom is 0.416 e. The lowest BCUT2D eigenvalue weighted by Gasteiger charge is -2.33. The van der Waals surface area contributed by atoms with Crippen LogP contribution in [0.4, 0.5) is 26.3 Å². The number of aromatic nitrogens is 3. The quantitative estimate of drug-likeness (QED) is 0.366. The summed E-state index contributed by atoms with van der Waals surface area (Å²) in [5.41, 5.74) is -2.24. The van der Waals surface area contributed by atoms with Crippen LogP contribution in [0, 0.1) is 0 Å². The topological polar surface area (TPSA) is 54.0 Å². The van der Waals surface area contributed by atoms with Gasteiger partial charge in [0.05, 0.1) is 17.2 Å². The normalized spacial score (nSPS) is 14.3. The fraction of sp³-hybridized carbons (Fsp3) is 0.391. The minimum Gasteiger partial charge on any atom is -0.489 e. The first-order chi connectivity index (χ1) is 15.9. The summed E-state index contributed by atoms with van der Waals surface area (Å²) in [6.45, 7) is 6.03. The van der Waals surface area contributed by atoms with Gasteiger partial charge in [-0.1, -0.05) is 25.1 Å². The third-order valence-corrected chi connectivity index (χ3v) is 5.60. The average Bonchev–Trinajstić information content (AvgIpc) is 3.32. The first-order valence-corrected chi connectivity index (χ1v) is 10.5. The standard InChI is InChI=1S/C23H24F6N4O/c1-4-33(15(3)21-30-13-31-32-21)14(2)19-7-5-6-8-20(19)34-12-16-9-17(22(24,25)26)11-18(10-16)23(27,28)29/h5-11,13-15H,4,12H2,1-3H3,(H,30,31,32)/t14-,15-/m0/s1. The molecule has 0 fully saturated rings. The Labute approximate surface area is 192 Å². The van der Waals surface area contributed by atoms with Crippen LogP contribution < -0.4 is 4.74 Å². The molecule has 2 aromatic carbocycles. The van der Waals surface area contributed by atoms with E-state index in [1.54, 1.807) is 18.2 Å². The zero-order valence-electron chi connectivity index (χ0n) is 18.7. The van der Waals surface area contributed by atoms with E-state index >= 15 is 0 Å². The highest BCUT2D eigenvalue weighted by Crippen LogP contribution is 2.37. The molecule has 0 amide bonds. The van der Waals surface area contributed by atoms with Gasteiger partial charge in [0.2, 0.25) is 0 Å². The number of benzene rings is 2. The maximum atomic E-state index is 13.2. The third kappa shape index (κ3) is 5.88. The van der Waals surface area contributed by atoms with Crippen LogP contribution in [0.15, 0.2) is 48.8 Å². The molecule has 11 heteroatoms. The van der Waals surface area contributed by atoms with Gasteiger partial charge in [0.25, 0.3) is 0 Å². The third-order valence-electron chi connectivity index (χ3n) is 5.60. The molecule has 5 nitrogen and oxygen atoms in total. The number of aromatic amines is 1. The van der Waals surface area contributed by atoms with Crippen molar-refractivity contribution >= 4 is 0 Å². The lowest BCUT2D eigenvalue weighted by Crippen LogP contribution is -2.30. The highest BCUT2D eigenvalue weighted by atomic mass is 19.4. The highest BCUT2D eigenvalue weighted by molar-refractivity contribution is 5.37. The summed E-state index contributed by atoms with van der Waals surface area (Å²) in [7, 11) is 0. The summed E-state index contributed by atoms with van der Waals surface area (Å²) in [6.07, 6.45) is -8.42. The Morgan fingerprint density at radius 3 is 2.09 bits per heavy atom. The van der Waals surface area contributed by atoms with Gasteiger partial charge in [-0.25, -0.2) is 4.98 Å². The second-order valence-corrected chi connectivity index (χ2v) is 7.79. The van der Waals surface area contributed by atoms with E-state index in [-0.39, 0.29) is 23.7 Å². The van der Waals surface area contributed by atoms with Gasteiger partial charge in [-0.3, -0.25) is 10.00 Å². The number of nitrogens with zero attached hydrogens (tertiary/aromatic N) is 3. The van der Waals surface area contributed by atoms with Gasteiger partial charge in [0.15, 0.2) is 0 Å². The van der Waals surface area contributed by atoms with Gasteiger partial charge in [-0.15, -0.1) is 0 Å². The summed E-state index contributed by atoms with van der Waals surface area (Å²) in [6, 6.07) is 8.04. The minimum atomic E-state index is -4.92. The zero-order valence-corrected chi connectivity index (χ0v) is 18.7. The van der Waals surface area contributed by atoms with Gasteiger partial charge < -0.3 is 4.74 Å². The van der Waals surface area contributed by atoms with Crippen molar-refractivity contribution in [1.82, 2.24) is 20.1 Å². The van der Waals surface area contributed by atoms with E-state index in [0.717, 1.165) is 5.56 Å². The van der Waals surface area contributed by atoms with Crippen molar-refractivity contribution in [2.24, 2.45) is 0 Å². The zero-order chi connectivity index (χ0) is 25.1. The van der Waals surface area contributed by atoms with Gasteiger partial charge in [-0.2, -0.15) is 31.4 Å².